The van der Waals surface area contributed by atoms with E-state index in [2.05, 4.69) is 5.32 Å². The van der Waals surface area contributed by atoms with Crippen LogP contribution in [0.15, 0.2) is 65.7 Å². The number of ketones is 2. The molecule has 5 N–H and O–H groups in total. The van der Waals surface area contributed by atoms with Gasteiger partial charge in [0, 0.05) is 49.0 Å². The fraction of sp³-hybridized carbons (Fsp3) is 0.568. The molecule has 0 aromatic heterocycles. The van der Waals surface area contributed by atoms with Gasteiger partial charge in [0.25, 0.3) is 6.43 Å². The predicted octanol–water partition coefficient (Wildman–Crippen LogP) is 4.31. The average Bonchev–Trinajstić information content (AvgIpc) is 3.18. The van der Waals surface area contributed by atoms with Gasteiger partial charge in [-0.3, -0.25) is 14.4 Å². The van der Waals surface area contributed by atoms with Gasteiger partial charge in [-0.1, -0.05) is 56.3 Å². The van der Waals surface area contributed by atoms with Crippen molar-refractivity contribution in [1.82, 2.24) is 5.32 Å². The Morgan fingerprint density at radius 1 is 1.02 bits per heavy atom. The highest BCUT2D eigenvalue weighted by Gasteiger charge is 2.76. The molecule has 0 radical (unpaired) electrons. The third-order valence-corrected chi connectivity index (χ3v) is 13.6. The summed E-state index contributed by atoms with van der Waals surface area (Å²) in [6, 6.07) is 10.5. The predicted molar refractivity (Wildman–Crippen MR) is 207 cm³/mol. The third kappa shape index (κ3) is 7.66. The highest BCUT2D eigenvalue weighted by molar-refractivity contribution is 5.97. The van der Waals surface area contributed by atoms with Crippen molar-refractivity contribution in [3.63, 3.8) is 0 Å². The highest BCUT2D eigenvalue weighted by atomic mass is 19.3. The Morgan fingerprint density at radius 3 is 2.20 bits per heavy atom. The quantitative estimate of drug-likeness (QED) is 0.0924. The van der Waals surface area contributed by atoms with Crippen LogP contribution < -0.4 is 5.32 Å². The van der Waals surface area contributed by atoms with Crippen LogP contribution in [0.5, 0.6) is 0 Å². The lowest BCUT2D eigenvalue weighted by Crippen LogP contribution is -2.80. The van der Waals surface area contributed by atoms with Gasteiger partial charge in [0.1, 0.15) is 24.1 Å². The minimum atomic E-state index is -3.13. The summed E-state index contributed by atoms with van der Waals surface area (Å²) < 4.78 is 63.8. The van der Waals surface area contributed by atoms with Crippen LogP contribution in [0, 0.1) is 28.5 Å². The second kappa shape index (κ2) is 16.2. The molecule has 17 heteroatoms. The van der Waals surface area contributed by atoms with Crippen LogP contribution >= 0.6 is 0 Å². The maximum atomic E-state index is 15.0. The zero-order valence-corrected chi connectivity index (χ0v) is 34.8. The molecule has 332 valence electrons. The highest BCUT2D eigenvalue weighted by Crippen LogP contribution is 2.66. The van der Waals surface area contributed by atoms with Crippen LogP contribution in [0.2, 0.25) is 0 Å². The van der Waals surface area contributed by atoms with Gasteiger partial charge in [-0.15, -0.1) is 0 Å². The SMILES string of the molecule is CC(=O)O[C@@]12CO[C@@H]1C[C@H](O)[C@@]1(C)C(=O)[C@H](O)C3=C(C)[C@@H](OC(=O)[C@H](O)[C@@H](NC(=O)OC(C)(C)C(F)F)c4ccc(F)cc4)C[C@@](O)([C@@H](CC(=O)c4ccccc4)[C@H]21)C3(C)C. The summed E-state index contributed by atoms with van der Waals surface area (Å²) in [6.45, 7) is 8.68. The zero-order chi connectivity index (χ0) is 45.2. The maximum Gasteiger partial charge on any atom is 0.408 e. The van der Waals surface area contributed by atoms with Crippen molar-refractivity contribution in [2.24, 2.45) is 22.7 Å². The number of alkyl carbamates (subject to hydrolysis) is 1. The number of rotatable bonds is 11. The third-order valence-electron chi connectivity index (χ3n) is 13.6. The Labute approximate surface area is 350 Å². The summed E-state index contributed by atoms with van der Waals surface area (Å²) in [6.07, 6.45) is -14.3. The monoisotopic (exact) mass is 859 g/mol. The topological polar surface area (TPSA) is 215 Å². The van der Waals surface area contributed by atoms with Crippen LogP contribution in [0.4, 0.5) is 18.0 Å². The molecule has 2 aromatic rings. The van der Waals surface area contributed by atoms with Crippen molar-refractivity contribution in [3.05, 3.63) is 82.7 Å². The van der Waals surface area contributed by atoms with Crippen molar-refractivity contribution in [1.29, 1.82) is 0 Å². The van der Waals surface area contributed by atoms with Gasteiger partial charge in [-0.2, -0.15) is 0 Å². The van der Waals surface area contributed by atoms with Crippen LogP contribution in [0.1, 0.15) is 89.7 Å². The Morgan fingerprint density at radius 2 is 1.64 bits per heavy atom. The number of carbonyl (C=O) groups is 5. The summed E-state index contributed by atoms with van der Waals surface area (Å²) in [5, 5.41) is 51.3. The van der Waals surface area contributed by atoms with E-state index in [1.807, 2.05) is 0 Å². The molecule has 3 aliphatic carbocycles. The number of Topliss-reactive ketones (excluding diaryl/α,β-unsaturated/α-hetero) is 2. The first kappa shape index (κ1) is 45.8. The molecule has 3 fully saturated rings. The van der Waals surface area contributed by atoms with Crippen molar-refractivity contribution in [3.8, 4) is 0 Å². The molecule has 11 atom stereocenters. The summed E-state index contributed by atoms with van der Waals surface area (Å²) in [5.41, 5.74) is -9.65. The number of hydrogen-bond acceptors (Lipinski definition) is 13. The minimum absolute atomic E-state index is 0.0648. The second-order valence-electron chi connectivity index (χ2n) is 17.9. The molecule has 1 amide bonds. The molecule has 2 aromatic carbocycles. The summed E-state index contributed by atoms with van der Waals surface area (Å²) in [4.78, 5) is 69.2. The summed E-state index contributed by atoms with van der Waals surface area (Å²) in [5.74, 6) is -7.12. The standard InChI is InChI=1S/C44H52F3NO13/c1-21-28(59-37(55)34(53)32(24-13-15-25(45)16-14-24)48-39(56)61-41(5,6)38(46)47)19-44(57)26(17-27(50)23-11-9-8-10-12-23)35-42(7,36(54)33(52)31(21)40(44,3)4)29(51)18-30-43(35,20-58-30)60-22(2)49/h8-16,26,28-30,32-35,38,51-53,57H,17-20H2,1-7H3,(H,48,56)/t26-,28-,29-,30+,32-,33+,34+,35-,42+,43-,44+/m0/s1. The molecule has 2 bridgehead atoms. The first-order valence-corrected chi connectivity index (χ1v) is 20.0. The van der Waals surface area contributed by atoms with Crippen molar-refractivity contribution in [2.75, 3.05) is 6.61 Å². The van der Waals surface area contributed by atoms with E-state index in [-0.39, 0.29) is 35.3 Å². The lowest BCUT2D eigenvalue weighted by Gasteiger charge is -2.68. The second-order valence-corrected chi connectivity index (χ2v) is 17.9. The Bertz CT molecular complexity index is 2090. The van der Waals surface area contributed by atoms with Crippen LogP contribution in [-0.4, -0.2) is 110 Å². The molecule has 61 heavy (non-hydrogen) atoms. The Hall–Kier alpha value is -4.68. The van der Waals surface area contributed by atoms with Crippen LogP contribution in [0.25, 0.3) is 0 Å². The average molecular weight is 860 g/mol. The minimum Gasteiger partial charge on any atom is -0.456 e. The van der Waals surface area contributed by atoms with Crippen molar-refractivity contribution < 1.29 is 76.5 Å². The van der Waals surface area contributed by atoms with Gasteiger partial charge in [0.2, 0.25) is 0 Å². The van der Waals surface area contributed by atoms with E-state index in [4.69, 9.17) is 18.9 Å². The molecule has 6 rings (SSSR count). The van der Waals surface area contributed by atoms with E-state index >= 15 is 0 Å². The molecule has 1 saturated heterocycles. The smallest absolute Gasteiger partial charge is 0.408 e. The van der Waals surface area contributed by atoms with E-state index in [0.29, 0.717) is 0 Å². The summed E-state index contributed by atoms with van der Waals surface area (Å²) >= 11 is 0. The molecule has 14 nitrogen and oxygen atoms in total. The van der Waals surface area contributed by atoms with Crippen molar-refractivity contribution >= 4 is 29.6 Å². The number of esters is 2. The first-order chi connectivity index (χ1) is 28.3. The summed E-state index contributed by atoms with van der Waals surface area (Å²) in [7, 11) is 0. The van der Waals surface area contributed by atoms with Crippen LogP contribution in [0.3, 0.4) is 0 Å². The van der Waals surface area contributed by atoms with E-state index < -0.39 is 131 Å². The molecule has 0 spiro atoms. The molecular formula is C44H52F3NO13. The number of aliphatic hydroxyl groups excluding tert-OH is 3. The fourth-order valence-corrected chi connectivity index (χ4v) is 10.2. The number of fused-ring (bicyclic) bond motifs is 5. The molecule has 4 aliphatic rings. The number of hydrogen-bond donors (Lipinski definition) is 5. The van der Waals surface area contributed by atoms with Gasteiger partial charge in [-0.25, -0.2) is 22.8 Å². The number of carbonyl (C=O) groups excluding carboxylic acids is 5. The van der Waals surface area contributed by atoms with E-state index in [9.17, 15) is 57.6 Å². The van der Waals surface area contributed by atoms with Crippen molar-refractivity contribution in [2.45, 2.75) is 128 Å². The van der Waals surface area contributed by atoms with Gasteiger partial charge in [-0.05, 0) is 56.5 Å². The van der Waals surface area contributed by atoms with Gasteiger partial charge in [0.05, 0.1) is 29.8 Å². The number of ether oxygens (including phenoxy) is 4. The van der Waals surface area contributed by atoms with Gasteiger partial charge in [0.15, 0.2) is 28.9 Å². The lowest BCUT2D eigenvalue weighted by molar-refractivity contribution is -0.339. The normalized spacial score (nSPS) is 32.8. The Kier molecular flexibility index (Phi) is 12.2. The molecule has 0 unspecified atom stereocenters. The van der Waals surface area contributed by atoms with Crippen LogP contribution in [-0.2, 0) is 33.3 Å². The first-order valence-electron chi connectivity index (χ1n) is 20.0. The maximum absolute atomic E-state index is 15.0. The zero-order valence-electron chi connectivity index (χ0n) is 34.8. The molecule has 1 heterocycles. The Balaban J connectivity index is 1.47. The number of benzene rings is 2. The number of amides is 1. The van der Waals surface area contributed by atoms with Gasteiger partial charge < -0.3 is 44.7 Å². The number of nitrogens with one attached hydrogen (secondary N) is 1. The van der Waals surface area contributed by atoms with E-state index in [0.717, 1.165) is 45.0 Å². The molecular weight excluding hydrogens is 807 g/mol. The molecule has 1 aliphatic heterocycles. The molecule has 2 saturated carbocycles. The number of aliphatic hydroxyl groups is 4. The largest absolute Gasteiger partial charge is 0.456 e. The fourth-order valence-electron chi connectivity index (χ4n) is 10.2. The lowest BCUT2D eigenvalue weighted by atomic mass is 9.42. The number of halogens is 3. The van der Waals surface area contributed by atoms with Gasteiger partial charge >= 0.3 is 18.0 Å². The van der Waals surface area contributed by atoms with E-state index in [1.165, 1.54) is 13.8 Å². The number of alkyl halides is 2. The van der Waals surface area contributed by atoms with E-state index in [1.54, 1.807) is 44.2 Å².